The fraction of sp³-hybridized carbons (Fsp3) is 0.609. The van der Waals surface area contributed by atoms with E-state index in [0.29, 0.717) is 36.3 Å². The largest absolute Gasteiger partial charge is 4.00 e. The molecule has 0 bridgehead atoms. The molecule has 0 N–H and O–H groups in total. The van der Waals surface area contributed by atoms with Crippen molar-refractivity contribution in [3.8, 4) is 17.2 Å². The summed E-state index contributed by atoms with van der Waals surface area (Å²) in [7, 11) is 0.750. The van der Waals surface area contributed by atoms with Crippen LogP contribution in [0, 0.1) is 0 Å². The van der Waals surface area contributed by atoms with Crippen LogP contribution < -0.4 is 20.4 Å². The van der Waals surface area contributed by atoms with Crippen LogP contribution in [0.1, 0.15) is 175 Å². The van der Waals surface area contributed by atoms with Gasteiger partial charge in [-0.05, 0) is 82.6 Å². The van der Waals surface area contributed by atoms with Gasteiger partial charge in [-0.1, -0.05) is 161 Å². The first-order valence-electron chi connectivity index (χ1n) is 18.5. The normalized spacial score (nSPS) is 13.1. The van der Waals surface area contributed by atoms with Crippen LogP contribution >= 0.6 is 0 Å². The van der Waals surface area contributed by atoms with Crippen LogP contribution in [0.5, 0.6) is 17.2 Å². The number of hydrogen-bond donors (Lipinski definition) is 0. The summed E-state index contributed by atoms with van der Waals surface area (Å²) < 4.78 is 0. The zero-order valence-electron chi connectivity index (χ0n) is 36.2. The Morgan fingerprint density at radius 2 is 0.558 bits per heavy atom. The Morgan fingerprint density at radius 3 is 0.712 bits per heavy atom. The zero-order valence-corrected chi connectivity index (χ0v) is 37.7. The van der Waals surface area contributed by atoms with Crippen molar-refractivity contribution in [2.45, 2.75) is 177 Å². The number of benzene rings is 3. The maximum absolute atomic E-state index is 14.3. The topological polar surface area (TPSA) is 95.5 Å². The van der Waals surface area contributed by atoms with Crippen LogP contribution in [0.25, 0.3) is 0 Å². The molecule has 0 amide bonds. The fourth-order valence-electron chi connectivity index (χ4n) is 6.28. The molecule has 0 spiro atoms. The van der Waals surface area contributed by atoms with Gasteiger partial charge in [0.15, 0.2) is 0 Å². The van der Waals surface area contributed by atoms with E-state index < -0.39 is 0 Å². The Kier molecular flexibility index (Phi) is 15.2. The van der Waals surface area contributed by atoms with Crippen LogP contribution in [0.3, 0.4) is 0 Å². The Hall–Kier alpha value is -2.31. The summed E-state index contributed by atoms with van der Waals surface area (Å²) in [5.74, 6) is 0.105. The van der Waals surface area contributed by atoms with Gasteiger partial charge in [0.1, 0.15) is 0 Å². The van der Waals surface area contributed by atoms with Gasteiger partial charge in [0.25, 0.3) is 0 Å². The molecule has 0 unspecified atom stereocenters. The maximum Gasteiger partial charge on any atom is 4.00 e. The number of nitrogens with zero attached hydrogens (tertiary/aromatic N) is 1. The molecular weight excluding hydrogens is 678 g/mol. The molecule has 0 atom stereocenters. The summed E-state index contributed by atoms with van der Waals surface area (Å²) in [5, 5.41) is 51.0. The van der Waals surface area contributed by atoms with E-state index in [4.69, 9.17) is 5.11 Å². The summed E-state index contributed by atoms with van der Waals surface area (Å²) in [4.78, 5) is 2.15. The molecule has 0 fully saturated rings. The average molecular weight is 748 g/mol. The Bertz CT molecular complexity index is 1470. The summed E-state index contributed by atoms with van der Waals surface area (Å²) >= 11 is 0. The molecule has 3 rings (SSSR count). The van der Waals surface area contributed by atoms with Crippen LogP contribution in [0.15, 0.2) is 36.4 Å². The molecule has 6 heteroatoms. The van der Waals surface area contributed by atoms with Gasteiger partial charge in [0, 0.05) is 19.6 Å². The molecular formula is C46H69NO4Ti. The molecule has 0 radical (unpaired) electrons. The van der Waals surface area contributed by atoms with Crippen molar-refractivity contribution < 1.29 is 42.1 Å². The molecule has 0 aliphatic rings. The molecule has 0 aliphatic heterocycles. The standard InChI is InChI=1S/C45H69NO3.CH3O.Ti/c1-40(2,3)31-19-28(37(47)34(22-31)43(10,11)12)25-46(26-29-20-32(41(4,5)6)23-35(38(29)48)44(13,14)15)27-30-21-33(42(7,8)9)24-36(39(30)49)45(16,17)18;1-2;/h19-24,47-49H,25-27H2,1-18H3;1H3;/q;-1;+4/p-3. The summed E-state index contributed by atoms with van der Waals surface area (Å²) in [5.41, 5.74) is 6.27. The van der Waals surface area contributed by atoms with Gasteiger partial charge in [0.05, 0.1) is 0 Å². The quantitative estimate of drug-likeness (QED) is 0.235. The van der Waals surface area contributed by atoms with E-state index in [1.165, 1.54) is 0 Å². The van der Waals surface area contributed by atoms with E-state index in [1.54, 1.807) is 0 Å². The molecule has 0 saturated heterocycles. The predicted molar refractivity (Wildman–Crippen MR) is 209 cm³/mol. The van der Waals surface area contributed by atoms with Gasteiger partial charge in [-0.25, -0.2) is 0 Å². The monoisotopic (exact) mass is 747 g/mol. The zero-order chi connectivity index (χ0) is 39.9. The first kappa shape index (κ1) is 47.7. The molecule has 3 aromatic carbocycles. The van der Waals surface area contributed by atoms with Crippen molar-refractivity contribution in [3.63, 3.8) is 0 Å². The van der Waals surface area contributed by atoms with Gasteiger partial charge in [-0.15, -0.1) is 17.2 Å². The second-order valence-corrected chi connectivity index (χ2v) is 20.7. The first-order chi connectivity index (χ1) is 22.8. The van der Waals surface area contributed by atoms with Crippen molar-refractivity contribution in [1.82, 2.24) is 4.90 Å². The minimum Gasteiger partial charge on any atom is -0.872 e. The minimum atomic E-state index is -0.340. The van der Waals surface area contributed by atoms with E-state index >= 15 is 0 Å². The van der Waals surface area contributed by atoms with Gasteiger partial charge in [-0.3, -0.25) is 4.90 Å². The predicted octanol–water partition coefficient (Wildman–Crippen LogP) is 8.87. The third-order valence-corrected chi connectivity index (χ3v) is 9.70. The SMILES string of the molecule is CC(C)(C)c1cc(CN(Cc2cc(C(C)(C)C)cc(C(C)(C)C)c2[O-])Cc2cc(C(C)(C)C)cc(C(C)(C)C)c2[O-])c([O-])c(C(C)(C)C)c1.C[O-].[Ti+4]. The Balaban J connectivity index is 0.00000443. The molecule has 3 aromatic rings. The van der Waals surface area contributed by atoms with E-state index in [0.717, 1.165) is 40.5 Å². The average Bonchev–Trinajstić information content (AvgIpc) is 2.93. The summed E-state index contributed by atoms with van der Waals surface area (Å²) in [6.07, 6.45) is 0. The minimum absolute atomic E-state index is 0. The van der Waals surface area contributed by atoms with Gasteiger partial charge >= 0.3 is 21.7 Å². The van der Waals surface area contributed by atoms with E-state index in [1.807, 2.05) is 0 Å². The molecule has 0 aromatic heterocycles. The Labute approximate surface area is 333 Å². The van der Waals surface area contributed by atoms with E-state index in [2.05, 4.69) is 166 Å². The van der Waals surface area contributed by atoms with Gasteiger partial charge in [-0.2, -0.15) is 7.11 Å². The van der Waals surface area contributed by atoms with Gasteiger partial charge in [0.2, 0.25) is 0 Å². The molecule has 0 aliphatic carbocycles. The maximum atomic E-state index is 14.3. The second kappa shape index (κ2) is 16.6. The molecule has 286 valence electrons. The second-order valence-electron chi connectivity index (χ2n) is 20.7. The fourth-order valence-corrected chi connectivity index (χ4v) is 6.28. The van der Waals surface area contributed by atoms with Crippen LogP contribution in [-0.4, -0.2) is 12.0 Å². The smallest absolute Gasteiger partial charge is 0.872 e. The van der Waals surface area contributed by atoms with Gasteiger partial charge < -0.3 is 20.4 Å². The van der Waals surface area contributed by atoms with Crippen molar-refractivity contribution in [2.75, 3.05) is 7.11 Å². The van der Waals surface area contributed by atoms with Crippen molar-refractivity contribution in [1.29, 1.82) is 0 Å². The Morgan fingerprint density at radius 1 is 0.365 bits per heavy atom. The van der Waals surface area contributed by atoms with Crippen molar-refractivity contribution in [2.24, 2.45) is 0 Å². The van der Waals surface area contributed by atoms with E-state index in [9.17, 15) is 15.3 Å². The third kappa shape index (κ3) is 11.8. The molecule has 52 heavy (non-hydrogen) atoms. The molecule has 0 saturated carbocycles. The number of hydrogen-bond acceptors (Lipinski definition) is 5. The van der Waals surface area contributed by atoms with Crippen molar-refractivity contribution in [3.05, 3.63) is 86.5 Å². The molecule has 0 heterocycles. The van der Waals surface area contributed by atoms with E-state index in [-0.39, 0.29) is 71.5 Å². The first-order valence-corrected chi connectivity index (χ1v) is 18.5. The van der Waals surface area contributed by atoms with Crippen LogP contribution in [0.4, 0.5) is 0 Å². The summed E-state index contributed by atoms with van der Waals surface area (Å²) in [6.45, 7) is 39.3. The third-order valence-electron chi connectivity index (χ3n) is 9.70. The van der Waals surface area contributed by atoms with Crippen LogP contribution in [0.2, 0.25) is 0 Å². The van der Waals surface area contributed by atoms with Crippen LogP contribution in [-0.2, 0) is 73.8 Å². The number of rotatable bonds is 6. The summed E-state index contributed by atoms with van der Waals surface area (Å²) in [6, 6.07) is 12.4. The molecule has 5 nitrogen and oxygen atoms in total. The van der Waals surface area contributed by atoms with Crippen molar-refractivity contribution >= 4 is 0 Å².